The number of benzene rings is 2. The minimum atomic E-state index is -3.72. The zero-order valence-electron chi connectivity index (χ0n) is 16.5. The summed E-state index contributed by atoms with van der Waals surface area (Å²) in [5, 5.41) is 8.52. The average molecular weight is 530 g/mol. The Morgan fingerprint density at radius 1 is 1.28 bits per heavy atom. The lowest BCUT2D eigenvalue weighted by Crippen LogP contribution is -2.48. The van der Waals surface area contributed by atoms with Gasteiger partial charge >= 0.3 is 0 Å². The normalized spacial score (nSPS) is 17.6. The van der Waals surface area contributed by atoms with Crippen LogP contribution in [0, 0.1) is 6.92 Å². The number of nitrogens with one attached hydrogen (secondary N) is 1. The van der Waals surface area contributed by atoms with Gasteiger partial charge in [0.2, 0.25) is 10.0 Å². The quantitative estimate of drug-likeness (QED) is 0.360. The first-order chi connectivity index (χ1) is 13.4. The summed E-state index contributed by atoms with van der Waals surface area (Å²) in [4.78, 5) is 6.64. The third-order valence-corrected chi connectivity index (χ3v) is 5.70. The molecule has 0 aliphatic carbocycles. The molecule has 29 heavy (non-hydrogen) atoms. The number of nitrogens with two attached hydrogens (primary N) is 1. The van der Waals surface area contributed by atoms with E-state index in [-0.39, 0.29) is 35.0 Å². The zero-order chi connectivity index (χ0) is 20.1. The van der Waals surface area contributed by atoms with Crippen molar-refractivity contribution in [3.63, 3.8) is 0 Å². The van der Waals surface area contributed by atoms with Crippen LogP contribution in [0.5, 0.6) is 0 Å². The molecule has 1 aliphatic heterocycles. The van der Waals surface area contributed by atoms with Crippen molar-refractivity contribution < 1.29 is 13.2 Å². The van der Waals surface area contributed by atoms with E-state index < -0.39 is 10.0 Å². The second-order valence-corrected chi connectivity index (χ2v) is 8.32. The van der Waals surface area contributed by atoms with E-state index in [2.05, 4.69) is 34.3 Å². The molecular formula is C20H27IN4O3S. The van der Waals surface area contributed by atoms with Gasteiger partial charge in [-0.1, -0.05) is 36.4 Å². The van der Waals surface area contributed by atoms with Gasteiger partial charge in [-0.05, 0) is 35.7 Å². The summed E-state index contributed by atoms with van der Waals surface area (Å²) in [6.07, 6.45) is -0.0146. The Labute approximate surface area is 189 Å². The number of aryl methyl sites for hydroxylation is 1. The van der Waals surface area contributed by atoms with Gasteiger partial charge in [-0.3, -0.25) is 4.99 Å². The number of ether oxygens (including phenoxy) is 1. The van der Waals surface area contributed by atoms with E-state index in [0.29, 0.717) is 19.7 Å². The third kappa shape index (κ3) is 6.14. The lowest BCUT2D eigenvalue weighted by atomic mass is 10.0. The van der Waals surface area contributed by atoms with Gasteiger partial charge in [0.05, 0.1) is 18.0 Å². The first-order valence-corrected chi connectivity index (χ1v) is 10.7. The second kappa shape index (κ2) is 10.4. The molecule has 0 saturated carbocycles. The Kier molecular flexibility index (Phi) is 8.44. The number of guanidine groups is 1. The summed E-state index contributed by atoms with van der Waals surface area (Å²) >= 11 is 0. The minimum absolute atomic E-state index is 0. The number of aliphatic imine (C=N–C) groups is 1. The summed E-state index contributed by atoms with van der Waals surface area (Å²) in [5.74, 6) is 0.753. The molecule has 3 rings (SSSR count). The molecule has 0 amide bonds. The van der Waals surface area contributed by atoms with E-state index in [4.69, 9.17) is 9.88 Å². The lowest BCUT2D eigenvalue weighted by Gasteiger charge is -2.35. The molecule has 3 N–H and O–H groups in total. The molecule has 0 aromatic heterocycles. The highest BCUT2D eigenvalue weighted by atomic mass is 127. The molecule has 2 aromatic carbocycles. The summed E-state index contributed by atoms with van der Waals surface area (Å²) in [7, 11) is -1.98. The van der Waals surface area contributed by atoms with Crippen molar-refractivity contribution in [1.29, 1.82) is 0 Å². The number of hydrogen-bond donors (Lipinski definition) is 2. The smallest absolute Gasteiger partial charge is 0.238 e. The maximum atomic E-state index is 11.5. The number of sulfonamides is 1. The Bertz CT molecular complexity index is 966. The van der Waals surface area contributed by atoms with Crippen molar-refractivity contribution >= 4 is 40.0 Å². The average Bonchev–Trinajstić information content (AvgIpc) is 2.69. The second-order valence-electron chi connectivity index (χ2n) is 6.76. The number of nitrogens with zero attached hydrogens (tertiary/aromatic N) is 2. The first-order valence-electron chi connectivity index (χ1n) is 9.13. The first kappa shape index (κ1) is 23.6. The van der Waals surface area contributed by atoms with Crippen molar-refractivity contribution in [3.8, 4) is 0 Å². The van der Waals surface area contributed by atoms with Crippen molar-refractivity contribution in [2.24, 2.45) is 10.1 Å². The van der Waals surface area contributed by atoms with Crippen LogP contribution >= 0.6 is 24.0 Å². The standard InChI is InChI=1S/C20H26N4O3S.HI/c1-15-6-3-4-9-18(15)19-14-24(10-11-27-19)20(22-2)23-13-16-7-5-8-17(12-16)28(21,25)26;/h3-9,12,19H,10-11,13-14H2,1-2H3,(H,22,23)(H2,21,25,26);1H. The maximum Gasteiger partial charge on any atom is 0.238 e. The van der Waals surface area contributed by atoms with Crippen LogP contribution in [-0.2, 0) is 21.3 Å². The number of morpholine rings is 1. The van der Waals surface area contributed by atoms with Crippen LogP contribution in [0.3, 0.4) is 0 Å². The van der Waals surface area contributed by atoms with E-state index in [1.165, 1.54) is 17.2 Å². The molecule has 1 unspecified atom stereocenters. The molecule has 7 nitrogen and oxygen atoms in total. The number of halogens is 1. The Hall–Kier alpha value is -1.69. The predicted molar refractivity (Wildman–Crippen MR) is 125 cm³/mol. The van der Waals surface area contributed by atoms with Crippen molar-refractivity contribution in [1.82, 2.24) is 10.2 Å². The van der Waals surface area contributed by atoms with E-state index in [0.717, 1.165) is 18.1 Å². The number of rotatable bonds is 4. The van der Waals surface area contributed by atoms with Crippen LogP contribution < -0.4 is 10.5 Å². The predicted octanol–water partition coefficient (Wildman–Crippen LogP) is 2.41. The van der Waals surface area contributed by atoms with Crippen LogP contribution in [-0.4, -0.2) is 46.0 Å². The molecule has 2 aromatic rings. The Morgan fingerprint density at radius 3 is 2.72 bits per heavy atom. The fourth-order valence-electron chi connectivity index (χ4n) is 3.32. The zero-order valence-corrected chi connectivity index (χ0v) is 19.7. The van der Waals surface area contributed by atoms with Crippen molar-refractivity contribution in [2.75, 3.05) is 26.7 Å². The molecular weight excluding hydrogens is 503 g/mol. The fraction of sp³-hybridized carbons (Fsp3) is 0.350. The maximum absolute atomic E-state index is 11.5. The van der Waals surface area contributed by atoms with Crippen LogP contribution in [0.2, 0.25) is 0 Å². The SMILES string of the molecule is CN=C(NCc1cccc(S(N)(=O)=O)c1)N1CCOC(c2ccccc2C)C1.I. The molecule has 1 heterocycles. The van der Waals surface area contributed by atoms with Gasteiger partial charge in [-0.15, -0.1) is 24.0 Å². The van der Waals surface area contributed by atoms with Gasteiger partial charge in [0.1, 0.15) is 6.10 Å². The summed E-state index contributed by atoms with van der Waals surface area (Å²) in [5.41, 5.74) is 3.21. The van der Waals surface area contributed by atoms with Gasteiger partial charge < -0.3 is 15.0 Å². The molecule has 9 heteroatoms. The molecule has 1 fully saturated rings. The van der Waals surface area contributed by atoms with E-state index >= 15 is 0 Å². The van der Waals surface area contributed by atoms with Gasteiger partial charge in [-0.25, -0.2) is 13.6 Å². The van der Waals surface area contributed by atoms with Gasteiger partial charge in [0, 0.05) is 20.1 Å². The molecule has 1 saturated heterocycles. The third-order valence-electron chi connectivity index (χ3n) is 4.79. The van der Waals surface area contributed by atoms with E-state index in [1.807, 2.05) is 18.2 Å². The Balaban J connectivity index is 0.00000300. The topological polar surface area (TPSA) is 97.0 Å². The highest BCUT2D eigenvalue weighted by molar-refractivity contribution is 14.0. The van der Waals surface area contributed by atoms with Crippen molar-refractivity contribution in [3.05, 3.63) is 65.2 Å². The van der Waals surface area contributed by atoms with Crippen molar-refractivity contribution in [2.45, 2.75) is 24.5 Å². The molecule has 0 radical (unpaired) electrons. The fourth-order valence-corrected chi connectivity index (χ4v) is 3.91. The van der Waals surface area contributed by atoms with Gasteiger partial charge in [0.25, 0.3) is 0 Å². The lowest BCUT2D eigenvalue weighted by molar-refractivity contribution is -0.00834. The highest BCUT2D eigenvalue weighted by Gasteiger charge is 2.25. The van der Waals surface area contributed by atoms with Crippen LogP contribution in [0.25, 0.3) is 0 Å². The number of hydrogen-bond acceptors (Lipinski definition) is 4. The monoisotopic (exact) mass is 530 g/mol. The van der Waals surface area contributed by atoms with Gasteiger partial charge in [0.15, 0.2) is 5.96 Å². The molecule has 1 aliphatic rings. The molecule has 0 spiro atoms. The van der Waals surface area contributed by atoms with E-state index in [1.54, 1.807) is 19.2 Å². The van der Waals surface area contributed by atoms with Gasteiger partial charge in [-0.2, -0.15) is 0 Å². The minimum Gasteiger partial charge on any atom is -0.370 e. The molecule has 1 atom stereocenters. The Morgan fingerprint density at radius 2 is 2.03 bits per heavy atom. The number of primary sulfonamides is 1. The largest absolute Gasteiger partial charge is 0.370 e. The van der Waals surface area contributed by atoms with Crippen LogP contribution in [0.15, 0.2) is 58.4 Å². The molecule has 158 valence electrons. The summed E-state index contributed by atoms with van der Waals surface area (Å²) in [6.45, 7) is 4.58. The van der Waals surface area contributed by atoms with Crippen LogP contribution in [0.4, 0.5) is 0 Å². The summed E-state index contributed by atoms with van der Waals surface area (Å²) in [6, 6.07) is 14.8. The summed E-state index contributed by atoms with van der Waals surface area (Å²) < 4.78 is 29.1. The highest BCUT2D eigenvalue weighted by Crippen LogP contribution is 2.25. The van der Waals surface area contributed by atoms with E-state index in [9.17, 15) is 8.42 Å². The van der Waals surface area contributed by atoms with Crippen LogP contribution in [0.1, 0.15) is 22.8 Å². The molecule has 0 bridgehead atoms.